The maximum atomic E-state index is 13.2. The van der Waals surface area contributed by atoms with Gasteiger partial charge < -0.3 is 4.74 Å². The van der Waals surface area contributed by atoms with Crippen molar-refractivity contribution in [1.29, 1.82) is 0 Å². The molecule has 0 amide bonds. The highest BCUT2D eigenvalue weighted by molar-refractivity contribution is 7.93. The van der Waals surface area contributed by atoms with Crippen LogP contribution in [0, 0.1) is 0 Å². The van der Waals surface area contributed by atoms with Crippen LogP contribution < -0.4 is 4.74 Å². The van der Waals surface area contributed by atoms with Crippen LogP contribution in [0.4, 0.5) is 0 Å². The Morgan fingerprint density at radius 3 is 2.54 bits per heavy atom. The van der Waals surface area contributed by atoms with Gasteiger partial charge in [0, 0.05) is 13.1 Å². The smallest absolute Gasteiger partial charge is 0.184 e. The Morgan fingerprint density at radius 2 is 1.86 bits per heavy atom. The first kappa shape index (κ1) is 19.5. The van der Waals surface area contributed by atoms with E-state index in [-0.39, 0.29) is 0 Å². The molecule has 0 bridgehead atoms. The number of hydrogen-bond donors (Lipinski definition) is 0. The maximum absolute atomic E-state index is 13.2. The Kier molecular flexibility index (Phi) is 5.48. The summed E-state index contributed by atoms with van der Waals surface area (Å²) in [5.41, 5.74) is 2.74. The Labute approximate surface area is 168 Å². The molecule has 0 atom stereocenters. The van der Waals surface area contributed by atoms with Crippen molar-refractivity contribution < 1.29 is 13.2 Å². The molecule has 0 spiro atoms. The molecule has 0 saturated heterocycles. The van der Waals surface area contributed by atoms with Gasteiger partial charge in [-0.1, -0.05) is 30.7 Å². The molecule has 1 aliphatic heterocycles. The van der Waals surface area contributed by atoms with E-state index in [1.807, 2.05) is 24.3 Å². The number of benzene rings is 2. The van der Waals surface area contributed by atoms with Gasteiger partial charge in [-0.3, -0.25) is 4.90 Å². The minimum Gasteiger partial charge on any atom is -0.497 e. The molecule has 0 unspecified atom stereocenters. The van der Waals surface area contributed by atoms with Crippen LogP contribution in [0.1, 0.15) is 43.2 Å². The fraction of sp³-hybridized carbons (Fsp3) is 0.478. The van der Waals surface area contributed by atoms with Crippen LogP contribution in [0.3, 0.4) is 0 Å². The van der Waals surface area contributed by atoms with Crippen molar-refractivity contribution in [2.45, 2.75) is 54.7 Å². The molecule has 2 aliphatic rings. The minimum absolute atomic E-state index is 0.480. The summed E-state index contributed by atoms with van der Waals surface area (Å²) in [7, 11) is -1.56. The molecule has 1 saturated carbocycles. The van der Waals surface area contributed by atoms with Crippen molar-refractivity contribution in [3.8, 4) is 5.75 Å². The van der Waals surface area contributed by atoms with E-state index in [4.69, 9.17) is 4.74 Å². The molecule has 150 valence electrons. The molecule has 4 rings (SSSR count). The predicted octanol–water partition coefficient (Wildman–Crippen LogP) is 4.23. The van der Waals surface area contributed by atoms with Gasteiger partial charge in [-0.05, 0) is 74.0 Å². The molecule has 0 N–H and O–H groups in total. The second-order valence-corrected chi connectivity index (χ2v) is 10.5. The quantitative estimate of drug-likeness (QED) is 0.699. The fourth-order valence-corrected chi connectivity index (χ4v) is 6.86. The molecule has 2 aromatic carbocycles. The van der Waals surface area contributed by atoms with Crippen LogP contribution in [0.2, 0.25) is 0 Å². The lowest BCUT2D eigenvalue weighted by Crippen LogP contribution is -2.45. The molecule has 1 heterocycles. The zero-order valence-electron chi connectivity index (χ0n) is 16.6. The Morgan fingerprint density at radius 1 is 1.07 bits per heavy atom. The van der Waals surface area contributed by atoms with E-state index in [1.54, 1.807) is 19.2 Å². The molecule has 1 aliphatic carbocycles. The molecule has 2 aromatic rings. The zero-order chi connectivity index (χ0) is 19.6. The number of rotatable bonds is 7. The minimum atomic E-state index is -3.26. The van der Waals surface area contributed by atoms with Gasteiger partial charge in [-0.15, -0.1) is 0 Å². The Bertz CT molecular complexity index is 920. The molecule has 5 heteroatoms. The highest BCUT2D eigenvalue weighted by Gasteiger charge is 2.48. The number of methoxy groups -OCH3 is 1. The predicted molar refractivity (Wildman–Crippen MR) is 111 cm³/mol. The summed E-state index contributed by atoms with van der Waals surface area (Å²) in [4.78, 5) is 2.93. The van der Waals surface area contributed by atoms with Crippen molar-refractivity contribution in [3.63, 3.8) is 0 Å². The first-order valence-electron chi connectivity index (χ1n) is 10.2. The summed E-state index contributed by atoms with van der Waals surface area (Å²) >= 11 is 0. The van der Waals surface area contributed by atoms with Crippen molar-refractivity contribution in [2.75, 3.05) is 20.2 Å². The first-order chi connectivity index (χ1) is 13.5. The normalized spacial score (nSPS) is 18.9. The standard InChI is InChI=1S/C23H29NO3S/c1-27-21-10-9-19-11-16-24(18-20(19)17-21)15-6-14-23(12-5-13-23)28(25,26)22-7-3-2-4-8-22/h2-4,7-10,17H,5-6,11-16,18H2,1H3. The lowest BCUT2D eigenvalue weighted by molar-refractivity contribution is 0.230. The van der Waals surface area contributed by atoms with E-state index in [0.29, 0.717) is 4.90 Å². The van der Waals surface area contributed by atoms with Gasteiger partial charge in [0.15, 0.2) is 9.84 Å². The lowest BCUT2D eigenvalue weighted by Gasteiger charge is -2.41. The van der Waals surface area contributed by atoms with Crippen LogP contribution in [-0.4, -0.2) is 38.3 Å². The third kappa shape index (κ3) is 3.58. The summed E-state index contributed by atoms with van der Waals surface area (Å²) in [5.74, 6) is 0.906. The molecule has 1 fully saturated rings. The summed E-state index contributed by atoms with van der Waals surface area (Å²) < 4.78 is 31.3. The van der Waals surface area contributed by atoms with Crippen LogP contribution in [0.15, 0.2) is 53.4 Å². The first-order valence-corrected chi connectivity index (χ1v) is 11.7. The van der Waals surface area contributed by atoms with Crippen molar-refractivity contribution in [2.24, 2.45) is 0 Å². The highest BCUT2D eigenvalue weighted by atomic mass is 32.2. The Hall–Kier alpha value is -1.85. The van der Waals surface area contributed by atoms with Gasteiger partial charge in [0.25, 0.3) is 0 Å². The Balaban J connectivity index is 1.39. The molecular weight excluding hydrogens is 370 g/mol. The number of sulfone groups is 1. The summed E-state index contributed by atoms with van der Waals surface area (Å²) in [5, 5.41) is 0. The lowest BCUT2D eigenvalue weighted by atomic mass is 9.81. The zero-order valence-corrected chi connectivity index (χ0v) is 17.4. The third-order valence-corrected chi connectivity index (χ3v) is 9.15. The van der Waals surface area contributed by atoms with Crippen LogP contribution in [-0.2, 0) is 22.8 Å². The average Bonchev–Trinajstić information content (AvgIpc) is 2.69. The van der Waals surface area contributed by atoms with Gasteiger partial charge in [0.05, 0.1) is 16.8 Å². The van der Waals surface area contributed by atoms with Crippen LogP contribution in [0.25, 0.3) is 0 Å². The number of ether oxygens (including phenoxy) is 1. The third-order valence-electron chi connectivity index (χ3n) is 6.50. The van der Waals surface area contributed by atoms with E-state index in [0.717, 1.165) is 63.9 Å². The largest absolute Gasteiger partial charge is 0.497 e. The van der Waals surface area contributed by atoms with Gasteiger partial charge in [0.2, 0.25) is 0 Å². The highest BCUT2D eigenvalue weighted by Crippen LogP contribution is 2.46. The number of fused-ring (bicyclic) bond motifs is 1. The summed E-state index contributed by atoms with van der Waals surface area (Å²) in [6.45, 7) is 2.91. The summed E-state index contributed by atoms with van der Waals surface area (Å²) in [6, 6.07) is 15.3. The molecular formula is C23H29NO3S. The average molecular weight is 400 g/mol. The number of hydrogen-bond acceptors (Lipinski definition) is 4. The SMILES string of the molecule is COc1ccc2c(c1)CN(CCCC1(S(=O)(=O)c3ccccc3)CCC1)CC2. The second-order valence-electron chi connectivity index (χ2n) is 8.12. The monoisotopic (exact) mass is 399 g/mol. The molecule has 4 nitrogen and oxygen atoms in total. The van der Waals surface area contributed by atoms with Gasteiger partial charge in [0.1, 0.15) is 5.75 Å². The molecule has 0 aromatic heterocycles. The van der Waals surface area contributed by atoms with Gasteiger partial charge in [-0.25, -0.2) is 8.42 Å². The van der Waals surface area contributed by atoms with Gasteiger partial charge >= 0.3 is 0 Å². The van der Waals surface area contributed by atoms with E-state index in [1.165, 1.54) is 11.1 Å². The van der Waals surface area contributed by atoms with Crippen molar-refractivity contribution in [1.82, 2.24) is 4.90 Å². The van der Waals surface area contributed by atoms with Gasteiger partial charge in [-0.2, -0.15) is 0 Å². The molecule has 0 radical (unpaired) electrons. The molecule has 28 heavy (non-hydrogen) atoms. The van der Waals surface area contributed by atoms with E-state index >= 15 is 0 Å². The topological polar surface area (TPSA) is 46.6 Å². The van der Waals surface area contributed by atoms with Crippen LogP contribution in [0.5, 0.6) is 5.75 Å². The van der Waals surface area contributed by atoms with E-state index in [9.17, 15) is 8.42 Å². The van der Waals surface area contributed by atoms with Crippen molar-refractivity contribution >= 4 is 9.84 Å². The number of nitrogens with zero attached hydrogens (tertiary/aromatic N) is 1. The van der Waals surface area contributed by atoms with E-state index in [2.05, 4.69) is 17.0 Å². The van der Waals surface area contributed by atoms with Crippen LogP contribution >= 0.6 is 0 Å². The second kappa shape index (κ2) is 7.88. The van der Waals surface area contributed by atoms with E-state index < -0.39 is 14.6 Å². The van der Waals surface area contributed by atoms with Crippen molar-refractivity contribution in [3.05, 3.63) is 59.7 Å². The summed E-state index contributed by atoms with van der Waals surface area (Å²) in [6.07, 6.45) is 5.33. The fourth-order valence-electron chi connectivity index (χ4n) is 4.61. The maximum Gasteiger partial charge on any atom is 0.184 e.